The van der Waals surface area contributed by atoms with Gasteiger partial charge in [0.1, 0.15) is 17.1 Å². The summed E-state index contributed by atoms with van der Waals surface area (Å²) in [4.78, 5) is 12.1. The number of esters is 1. The molecule has 0 atom stereocenters. The van der Waals surface area contributed by atoms with Crippen LogP contribution in [0.15, 0.2) is 29.2 Å². The Kier molecular flexibility index (Phi) is 5.91. The molecule has 10 heteroatoms. The molecule has 1 aromatic carbocycles. The summed E-state index contributed by atoms with van der Waals surface area (Å²) in [5.41, 5.74) is 1.18. The van der Waals surface area contributed by atoms with Crippen molar-refractivity contribution in [1.82, 2.24) is 20.0 Å². The molecular weight excluding hydrogens is 398 g/mol. The summed E-state index contributed by atoms with van der Waals surface area (Å²) in [7, 11) is 3.08. The number of thioether (sulfide) groups is 1. The fourth-order valence-corrected chi connectivity index (χ4v) is 3.86. The molecule has 0 unspecified atom stereocenters. The number of hydrogen-bond acceptors (Lipinski definition) is 6. The van der Waals surface area contributed by atoms with E-state index in [0.717, 1.165) is 10.3 Å². The number of carbonyl (C=O) groups excluding carboxylic acids is 1. The first-order valence-electron chi connectivity index (χ1n) is 7.88. The minimum Gasteiger partial charge on any atom is -0.469 e. The SMILES string of the molecule is COC(=O)CCSc1cc(Cl)c2c(c1)c(-c1ccc(C(F)F)nn1)nn2C. The van der Waals surface area contributed by atoms with Crippen molar-refractivity contribution >= 4 is 40.2 Å². The molecule has 2 heterocycles. The molecule has 142 valence electrons. The molecule has 0 N–H and O–H groups in total. The molecule has 0 spiro atoms. The molecule has 0 aliphatic rings. The molecule has 3 rings (SSSR count). The first-order valence-corrected chi connectivity index (χ1v) is 9.25. The van der Waals surface area contributed by atoms with Gasteiger partial charge in [0, 0.05) is 23.1 Å². The van der Waals surface area contributed by atoms with Gasteiger partial charge in [0.15, 0.2) is 0 Å². The highest BCUT2D eigenvalue weighted by Gasteiger charge is 2.17. The quantitative estimate of drug-likeness (QED) is 0.444. The van der Waals surface area contributed by atoms with Gasteiger partial charge in [-0.1, -0.05) is 11.6 Å². The third kappa shape index (κ3) is 4.19. The van der Waals surface area contributed by atoms with Crippen molar-refractivity contribution in [3.63, 3.8) is 0 Å². The smallest absolute Gasteiger partial charge is 0.306 e. The van der Waals surface area contributed by atoms with Crippen LogP contribution < -0.4 is 0 Å². The van der Waals surface area contributed by atoms with Gasteiger partial charge in [-0.05, 0) is 24.3 Å². The lowest BCUT2D eigenvalue weighted by molar-refractivity contribution is -0.140. The zero-order valence-electron chi connectivity index (χ0n) is 14.4. The molecule has 0 saturated heterocycles. The summed E-state index contributed by atoms with van der Waals surface area (Å²) in [6.45, 7) is 0. The highest BCUT2D eigenvalue weighted by molar-refractivity contribution is 7.99. The summed E-state index contributed by atoms with van der Waals surface area (Å²) in [5, 5.41) is 13.1. The van der Waals surface area contributed by atoms with Gasteiger partial charge >= 0.3 is 5.97 Å². The van der Waals surface area contributed by atoms with Gasteiger partial charge in [0.05, 0.1) is 24.1 Å². The third-order valence-electron chi connectivity index (χ3n) is 3.82. The zero-order chi connectivity index (χ0) is 19.6. The highest BCUT2D eigenvalue weighted by atomic mass is 35.5. The number of alkyl halides is 2. The van der Waals surface area contributed by atoms with Gasteiger partial charge in [-0.3, -0.25) is 9.48 Å². The number of benzene rings is 1. The fourth-order valence-electron chi connectivity index (χ4n) is 2.55. The number of halogens is 3. The Bertz CT molecular complexity index is 979. The van der Waals surface area contributed by atoms with Crippen molar-refractivity contribution in [3.8, 4) is 11.4 Å². The molecule has 0 radical (unpaired) electrons. The number of methoxy groups -OCH3 is 1. The van der Waals surface area contributed by atoms with Crippen LogP contribution >= 0.6 is 23.4 Å². The number of aromatic nitrogens is 4. The zero-order valence-corrected chi connectivity index (χ0v) is 16.0. The molecule has 2 aromatic heterocycles. The second-order valence-corrected chi connectivity index (χ2v) is 7.17. The maximum Gasteiger partial charge on any atom is 0.306 e. The van der Waals surface area contributed by atoms with Crippen molar-refractivity contribution < 1.29 is 18.3 Å². The number of carbonyl (C=O) groups is 1. The van der Waals surface area contributed by atoms with Crippen molar-refractivity contribution in [2.75, 3.05) is 12.9 Å². The van der Waals surface area contributed by atoms with E-state index in [9.17, 15) is 13.6 Å². The van der Waals surface area contributed by atoms with E-state index in [1.54, 1.807) is 17.8 Å². The first kappa shape index (κ1) is 19.5. The van der Waals surface area contributed by atoms with Crippen molar-refractivity contribution in [2.24, 2.45) is 7.05 Å². The van der Waals surface area contributed by atoms with Gasteiger partial charge in [-0.2, -0.15) is 5.10 Å². The van der Waals surface area contributed by atoms with Gasteiger partial charge < -0.3 is 4.74 Å². The van der Waals surface area contributed by atoms with Crippen molar-refractivity contribution in [2.45, 2.75) is 17.7 Å². The first-order chi connectivity index (χ1) is 12.9. The number of fused-ring (bicyclic) bond motifs is 1. The fraction of sp³-hybridized carbons (Fsp3) is 0.294. The molecule has 0 aliphatic heterocycles. The van der Waals surface area contributed by atoms with E-state index >= 15 is 0 Å². The van der Waals surface area contributed by atoms with Gasteiger partial charge in [0.2, 0.25) is 0 Å². The Hall–Kier alpha value is -2.26. The summed E-state index contributed by atoms with van der Waals surface area (Å²) in [5.74, 6) is 0.249. The Morgan fingerprint density at radius 2 is 2.11 bits per heavy atom. The monoisotopic (exact) mass is 412 g/mol. The Morgan fingerprint density at radius 3 is 2.74 bits per heavy atom. The summed E-state index contributed by atoms with van der Waals surface area (Å²) < 4.78 is 31.6. The average molecular weight is 413 g/mol. The van der Waals surface area contributed by atoms with Crippen molar-refractivity contribution in [3.05, 3.63) is 35.0 Å². The molecule has 0 fully saturated rings. The summed E-state index contributed by atoms with van der Waals surface area (Å²) in [6, 6.07) is 6.36. The standard InChI is InChI=1S/C17H15ClF2N4O2S/c1-24-16-10(7-9(8-11(16)18)27-6-5-14(25)26-2)15(23-24)12-3-4-13(17(19)20)22-21-12/h3-4,7-8,17H,5-6H2,1-2H3. The molecule has 27 heavy (non-hydrogen) atoms. The summed E-state index contributed by atoms with van der Waals surface area (Å²) >= 11 is 7.86. The molecule has 6 nitrogen and oxygen atoms in total. The van der Waals surface area contributed by atoms with Crippen LogP contribution in [0, 0.1) is 0 Å². The van der Waals surface area contributed by atoms with Crippen LogP contribution in [0.3, 0.4) is 0 Å². The minimum absolute atomic E-state index is 0.275. The van der Waals surface area contributed by atoms with Crippen LogP contribution in [0.4, 0.5) is 8.78 Å². The molecule has 0 bridgehead atoms. The van der Waals surface area contributed by atoms with E-state index in [-0.39, 0.29) is 12.4 Å². The third-order valence-corrected chi connectivity index (χ3v) is 5.08. The van der Waals surface area contributed by atoms with E-state index in [2.05, 4.69) is 20.0 Å². The lowest BCUT2D eigenvalue weighted by Crippen LogP contribution is -2.00. The molecule has 0 amide bonds. The van der Waals surface area contributed by atoms with Crippen LogP contribution in [0.2, 0.25) is 5.02 Å². The molecule has 0 aliphatic carbocycles. The normalized spacial score (nSPS) is 11.3. The van der Waals surface area contributed by atoms with Gasteiger partial charge in [0.25, 0.3) is 6.43 Å². The average Bonchev–Trinajstić information content (AvgIpc) is 2.98. The number of ether oxygens (including phenoxy) is 1. The lowest BCUT2D eigenvalue weighted by Gasteiger charge is -2.05. The Labute approximate surface area is 162 Å². The molecule has 3 aromatic rings. The second-order valence-electron chi connectivity index (χ2n) is 5.59. The number of nitrogens with zero attached hydrogens (tertiary/aromatic N) is 4. The Morgan fingerprint density at radius 1 is 1.33 bits per heavy atom. The maximum absolute atomic E-state index is 12.7. The van der Waals surface area contributed by atoms with E-state index in [4.69, 9.17) is 11.6 Å². The van der Waals surface area contributed by atoms with Crippen molar-refractivity contribution in [1.29, 1.82) is 0 Å². The van der Waals surface area contributed by atoms with Crippen LogP contribution in [0.1, 0.15) is 18.5 Å². The van der Waals surface area contributed by atoms with Gasteiger partial charge in [-0.25, -0.2) is 8.78 Å². The lowest BCUT2D eigenvalue weighted by atomic mass is 10.1. The van der Waals surface area contributed by atoms with E-state index in [0.29, 0.717) is 27.7 Å². The molecular formula is C17H15ClF2N4O2S. The van der Waals surface area contributed by atoms with Gasteiger partial charge in [-0.15, -0.1) is 22.0 Å². The Balaban J connectivity index is 1.97. The minimum atomic E-state index is -2.68. The van der Waals surface area contributed by atoms with Crippen LogP contribution in [0.5, 0.6) is 0 Å². The predicted molar refractivity (Wildman–Crippen MR) is 99.1 cm³/mol. The molecule has 0 saturated carbocycles. The number of hydrogen-bond donors (Lipinski definition) is 0. The predicted octanol–water partition coefficient (Wildman–Crippen LogP) is 4.28. The van der Waals surface area contributed by atoms with E-state index in [1.807, 2.05) is 6.07 Å². The number of rotatable bonds is 6. The van der Waals surface area contributed by atoms with E-state index in [1.165, 1.54) is 31.0 Å². The number of aryl methyl sites for hydroxylation is 1. The topological polar surface area (TPSA) is 69.9 Å². The largest absolute Gasteiger partial charge is 0.469 e. The van der Waals surface area contributed by atoms with E-state index < -0.39 is 12.1 Å². The highest BCUT2D eigenvalue weighted by Crippen LogP contribution is 2.35. The van der Waals surface area contributed by atoms with Crippen LogP contribution in [-0.2, 0) is 16.6 Å². The second kappa shape index (κ2) is 8.18. The van der Waals surface area contributed by atoms with Crippen LogP contribution in [0.25, 0.3) is 22.3 Å². The summed E-state index contributed by atoms with van der Waals surface area (Å²) in [6.07, 6.45) is -2.41. The van der Waals surface area contributed by atoms with Crippen LogP contribution in [-0.4, -0.2) is 38.8 Å². The maximum atomic E-state index is 12.7.